The van der Waals surface area contributed by atoms with E-state index >= 15 is 0 Å². The van der Waals surface area contributed by atoms with E-state index in [1.54, 1.807) is 0 Å². The zero-order valence-corrected chi connectivity index (χ0v) is 15.7. The molecule has 148 valence electrons. The minimum Gasteiger partial charge on any atom is -0.452 e. The van der Waals surface area contributed by atoms with Crippen molar-refractivity contribution < 1.29 is 27.1 Å². The van der Waals surface area contributed by atoms with Gasteiger partial charge in [0.05, 0.1) is 10.5 Å². The van der Waals surface area contributed by atoms with Crippen LogP contribution in [-0.2, 0) is 19.6 Å². The highest BCUT2D eigenvalue weighted by molar-refractivity contribution is 7.89. The molecule has 1 saturated heterocycles. The van der Waals surface area contributed by atoms with Gasteiger partial charge in [0.15, 0.2) is 6.61 Å². The maximum absolute atomic E-state index is 13.5. The van der Waals surface area contributed by atoms with E-state index in [9.17, 15) is 22.4 Å². The average molecular weight is 406 g/mol. The number of ether oxygens (including phenoxy) is 1. The number of nitrogens with one attached hydrogen (secondary N) is 1. The van der Waals surface area contributed by atoms with E-state index in [0.717, 1.165) is 18.9 Å². The van der Waals surface area contributed by atoms with Crippen molar-refractivity contribution in [2.75, 3.05) is 25.0 Å². The number of carbonyl (C=O) groups excluding carboxylic acids is 2. The van der Waals surface area contributed by atoms with Crippen LogP contribution in [0.5, 0.6) is 0 Å². The predicted octanol–water partition coefficient (Wildman–Crippen LogP) is 2.41. The van der Waals surface area contributed by atoms with E-state index in [1.165, 1.54) is 46.8 Å². The molecule has 0 radical (unpaired) electrons. The maximum Gasteiger partial charge on any atom is 0.341 e. The number of nitrogens with zero attached hydrogens (tertiary/aromatic N) is 1. The molecule has 2 aromatic carbocycles. The second-order valence-corrected chi connectivity index (χ2v) is 8.18. The van der Waals surface area contributed by atoms with Crippen molar-refractivity contribution in [3.05, 3.63) is 59.9 Å². The molecular weight excluding hydrogens is 387 g/mol. The van der Waals surface area contributed by atoms with Gasteiger partial charge < -0.3 is 10.1 Å². The number of rotatable bonds is 6. The van der Waals surface area contributed by atoms with Crippen LogP contribution in [0, 0.1) is 5.82 Å². The van der Waals surface area contributed by atoms with Crippen LogP contribution in [0.3, 0.4) is 0 Å². The van der Waals surface area contributed by atoms with Crippen molar-refractivity contribution in [1.29, 1.82) is 0 Å². The van der Waals surface area contributed by atoms with Crippen molar-refractivity contribution in [3.8, 4) is 0 Å². The molecule has 0 atom stereocenters. The fraction of sp³-hybridized carbons (Fsp3) is 0.263. The Morgan fingerprint density at radius 2 is 1.79 bits per heavy atom. The SMILES string of the molecule is O=C(COC(=O)c1ccccc1F)Nc1cccc(S(=O)(=O)N2CCCC2)c1. The molecule has 0 aromatic heterocycles. The zero-order chi connectivity index (χ0) is 20.1. The maximum atomic E-state index is 13.5. The smallest absolute Gasteiger partial charge is 0.341 e. The Balaban J connectivity index is 1.62. The van der Waals surface area contributed by atoms with Gasteiger partial charge in [0.1, 0.15) is 5.82 Å². The Morgan fingerprint density at radius 3 is 2.50 bits per heavy atom. The minimum absolute atomic E-state index is 0.0792. The summed E-state index contributed by atoms with van der Waals surface area (Å²) in [6.07, 6.45) is 1.64. The lowest BCUT2D eigenvalue weighted by Gasteiger charge is -2.16. The van der Waals surface area contributed by atoms with Crippen molar-refractivity contribution in [1.82, 2.24) is 4.31 Å². The molecule has 1 N–H and O–H groups in total. The minimum atomic E-state index is -3.61. The normalized spacial score (nSPS) is 14.6. The van der Waals surface area contributed by atoms with E-state index < -0.39 is 34.3 Å². The lowest BCUT2D eigenvalue weighted by molar-refractivity contribution is -0.119. The topological polar surface area (TPSA) is 92.8 Å². The molecule has 1 amide bonds. The molecule has 1 aliphatic rings. The Morgan fingerprint density at radius 1 is 1.07 bits per heavy atom. The number of halogens is 1. The van der Waals surface area contributed by atoms with Gasteiger partial charge in [0, 0.05) is 18.8 Å². The van der Waals surface area contributed by atoms with E-state index in [-0.39, 0.29) is 16.1 Å². The summed E-state index contributed by atoms with van der Waals surface area (Å²) in [6, 6.07) is 11.1. The van der Waals surface area contributed by atoms with Crippen LogP contribution in [0.4, 0.5) is 10.1 Å². The highest BCUT2D eigenvalue weighted by Crippen LogP contribution is 2.23. The van der Waals surface area contributed by atoms with Gasteiger partial charge in [-0.1, -0.05) is 18.2 Å². The predicted molar refractivity (Wildman–Crippen MR) is 99.7 cm³/mol. The van der Waals surface area contributed by atoms with Crippen molar-refractivity contribution in [3.63, 3.8) is 0 Å². The summed E-state index contributed by atoms with van der Waals surface area (Å²) in [5.74, 6) is -2.37. The van der Waals surface area contributed by atoms with E-state index in [2.05, 4.69) is 5.32 Å². The molecule has 0 aliphatic carbocycles. The molecule has 9 heteroatoms. The molecular formula is C19H19FN2O5S. The standard InChI is InChI=1S/C19H19FN2O5S/c20-17-9-2-1-8-16(17)19(24)27-13-18(23)21-14-6-5-7-15(12-14)28(25,26)22-10-3-4-11-22/h1-2,5-9,12H,3-4,10-11,13H2,(H,21,23). The van der Waals surface area contributed by atoms with Gasteiger partial charge >= 0.3 is 5.97 Å². The number of hydrogen-bond donors (Lipinski definition) is 1. The largest absolute Gasteiger partial charge is 0.452 e. The number of esters is 1. The second kappa shape index (κ2) is 8.49. The summed E-state index contributed by atoms with van der Waals surface area (Å²) < 4.78 is 44.9. The van der Waals surface area contributed by atoms with Gasteiger partial charge in [0.25, 0.3) is 5.91 Å². The van der Waals surface area contributed by atoms with Crippen molar-refractivity contribution in [2.45, 2.75) is 17.7 Å². The van der Waals surface area contributed by atoms with Crippen LogP contribution in [0.1, 0.15) is 23.2 Å². The van der Waals surface area contributed by atoms with Gasteiger partial charge in [-0.3, -0.25) is 4.79 Å². The van der Waals surface area contributed by atoms with Gasteiger partial charge in [-0.15, -0.1) is 0 Å². The molecule has 2 aromatic rings. The number of anilines is 1. The van der Waals surface area contributed by atoms with E-state index in [0.29, 0.717) is 13.1 Å². The number of benzene rings is 2. The van der Waals surface area contributed by atoms with Crippen molar-refractivity contribution >= 4 is 27.6 Å². The Bertz CT molecular complexity index is 987. The van der Waals surface area contributed by atoms with Gasteiger partial charge in [-0.2, -0.15) is 4.31 Å². The first-order chi connectivity index (χ1) is 13.4. The molecule has 3 rings (SSSR count). The Kier molecular flexibility index (Phi) is 6.05. The number of sulfonamides is 1. The highest BCUT2D eigenvalue weighted by atomic mass is 32.2. The number of amides is 1. The van der Waals surface area contributed by atoms with Crippen LogP contribution in [0.2, 0.25) is 0 Å². The molecule has 0 spiro atoms. The summed E-state index contributed by atoms with van der Waals surface area (Å²) in [7, 11) is -3.61. The van der Waals surface area contributed by atoms with Gasteiger partial charge in [-0.25, -0.2) is 17.6 Å². The quantitative estimate of drug-likeness (QED) is 0.744. The molecule has 1 aliphatic heterocycles. The summed E-state index contributed by atoms with van der Waals surface area (Å²) in [4.78, 5) is 23.9. The Labute approximate surface area is 162 Å². The second-order valence-electron chi connectivity index (χ2n) is 6.24. The lowest BCUT2D eigenvalue weighted by atomic mass is 10.2. The number of hydrogen-bond acceptors (Lipinski definition) is 5. The van der Waals surface area contributed by atoms with Gasteiger partial charge in [-0.05, 0) is 43.2 Å². The van der Waals surface area contributed by atoms with Crippen LogP contribution >= 0.6 is 0 Å². The first kappa shape index (κ1) is 20.0. The summed E-state index contributed by atoms with van der Waals surface area (Å²) in [5.41, 5.74) is -0.0128. The fourth-order valence-electron chi connectivity index (χ4n) is 2.84. The van der Waals surface area contributed by atoms with E-state index in [1.807, 2.05) is 0 Å². The van der Waals surface area contributed by atoms with Crippen LogP contribution in [0.25, 0.3) is 0 Å². The molecule has 7 nitrogen and oxygen atoms in total. The summed E-state index contributed by atoms with van der Waals surface area (Å²) >= 11 is 0. The third-order valence-electron chi connectivity index (χ3n) is 4.25. The first-order valence-electron chi connectivity index (χ1n) is 8.69. The monoisotopic (exact) mass is 406 g/mol. The molecule has 1 heterocycles. The van der Waals surface area contributed by atoms with Crippen molar-refractivity contribution in [2.24, 2.45) is 0 Å². The molecule has 0 bridgehead atoms. The summed E-state index contributed by atoms with van der Waals surface area (Å²) in [6.45, 7) is 0.326. The van der Waals surface area contributed by atoms with Crippen LogP contribution < -0.4 is 5.32 Å². The Hall–Kier alpha value is -2.78. The molecule has 1 fully saturated rings. The fourth-order valence-corrected chi connectivity index (χ4v) is 4.41. The summed E-state index contributed by atoms with van der Waals surface area (Å²) in [5, 5.41) is 2.47. The zero-order valence-electron chi connectivity index (χ0n) is 14.9. The van der Waals surface area contributed by atoms with Crippen LogP contribution in [0.15, 0.2) is 53.4 Å². The lowest BCUT2D eigenvalue weighted by Crippen LogP contribution is -2.28. The van der Waals surface area contributed by atoms with Crippen LogP contribution in [-0.4, -0.2) is 44.3 Å². The van der Waals surface area contributed by atoms with E-state index in [4.69, 9.17) is 4.74 Å². The first-order valence-corrected chi connectivity index (χ1v) is 10.1. The highest BCUT2D eigenvalue weighted by Gasteiger charge is 2.27. The van der Waals surface area contributed by atoms with Gasteiger partial charge in [0.2, 0.25) is 10.0 Å². The molecule has 0 unspecified atom stereocenters. The third-order valence-corrected chi connectivity index (χ3v) is 6.14. The molecule has 0 saturated carbocycles. The number of carbonyl (C=O) groups is 2. The third kappa shape index (κ3) is 4.55. The average Bonchev–Trinajstić information content (AvgIpc) is 3.22. The molecule has 28 heavy (non-hydrogen) atoms.